The van der Waals surface area contributed by atoms with E-state index in [0.717, 1.165) is 23.4 Å². The van der Waals surface area contributed by atoms with Crippen LogP contribution in [0.25, 0.3) is 6.08 Å². The molecule has 27 heavy (non-hydrogen) atoms. The summed E-state index contributed by atoms with van der Waals surface area (Å²) in [6.45, 7) is 3.89. The molecule has 1 N–H and O–H groups in total. The van der Waals surface area contributed by atoms with Crippen LogP contribution in [-0.4, -0.2) is 24.6 Å². The SMILES string of the molecule is CCOc1ccc(/C=C/C(=O)O[C@H](C)C(=O)Nc2ccc(F)cc2Cl)cc1. The summed E-state index contributed by atoms with van der Waals surface area (Å²) < 4.78 is 23.4. The molecule has 7 heteroatoms. The Bertz CT molecular complexity index is 836. The molecule has 0 fully saturated rings. The predicted molar refractivity (Wildman–Crippen MR) is 102 cm³/mol. The van der Waals surface area contributed by atoms with E-state index in [1.165, 1.54) is 19.1 Å². The Morgan fingerprint density at radius 1 is 1.22 bits per heavy atom. The van der Waals surface area contributed by atoms with E-state index in [0.29, 0.717) is 6.61 Å². The van der Waals surface area contributed by atoms with E-state index >= 15 is 0 Å². The van der Waals surface area contributed by atoms with Crippen molar-refractivity contribution in [2.24, 2.45) is 0 Å². The molecule has 2 aromatic rings. The van der Waals surface area contributed by atoms with Crippen LogP contribution in [0.4, 0.5) is 10.1 Å². The number of amides is 1. The molecule has 0 bridgehead atoms. The monoisotopic (exact) mass is 391 g/mol. The second kappa shape index (κ2) is 9.73. The number of carbonyl (C=O) groups excluding carboxylic acids is 2. The summed E-state index contributed by atoms with van der Waals surface area (Å²) in [6.07, 6.45) is 1.74. The minimum atomic E-state index is -1.05. The number of nitrogens with one attached hydrogen (secondary N) is 1. The third kappa shape index (κ3) is 6.42. The van der Waals surface area contributed by atoms with Crippen molar-refractivity contribution in [3.05, 3.63) is 64.9 Å². The second-order valence-corrected chi connectivity index (χ2v) is 5.94. The van der Waals surface area contributed by atoms with Gasteiger partial charge in [0.15, 0.2) is 6.10 Å². The van der Waals surface area contributed by atoms with Crippen LogP contribution in [0.5, 0.6) is 5.75 Å². The van der Waals surface area contributed by atoms with Gasteiger partial charge in [0.25, 0.3) is 5.91 Å². The highest BCUT2D eigenvalue weighted by atomic mass is 35.5. The van der Waals surface area contributed by atoms with Gasteiger partial charge in [-0.2, -0.15) is 0 Å². The Hall–Kier alpha value is -2.86. The topological polar surface area (TPSA) is 64.6 Å². The summed E-state index contributed by atoms with van der Waals surface area (Å²) in [4.78, 5) is 24.0. The number of hydrogen-bond acceptors (Lipinski definition) is 4. The van der Waals surface area contributed by atoms with E-state index in [4.69, 9.17) is 21.1 Å². The summed E-state index contributed by atoms with van der Waals surface area (Å²) in [5.41, 5.74) is 1.02. The van der Waals surface area contributed by atoms with E-state index in [-0.39, 0.29) is 10.7 Å². The molecule has 1 amide bonds. The number of ether oxygens (including phenoxy) is 2. The molecule has 2 rings (SSSR count). The molecular formula is C20H19ClFNO4. The van der Waals surface area contributed by atoms with Crippen LogP contribution in [0.2, 0.25) is 5.02 Å². The van der Waals surface area contributed by atoms with Gasteiger partial charge in [-0.05, 0) is 55.8 Å². The smallest absolute Gasteiger partial charge is 0.331 e. The molecule has 1 atom stereocenters. The fourth-order valence-electron chi connectivity index (χ4n) is 2.10. The molecule has 0 saturated heterocycles. The number of anilines is 1. The molecule has 0 aliphatic carbocycles. The molecule has 2 aromatic carbocycles. The first-order valence-corrected chi connectivity index (χ1v) is 8.64. The molecule has 0 aliphatic heterocycles. The highest BCUT2D eigenvalue weighted by molar-refractivity contribution is 6.33. The zero-order chi connectivity index (χ0) is 19.8. The van der Waals surface area contributed by atoms with Crippen molar-refractivity contribution >= 4 is 35.2 Å². The van der Waals surface area contributed by atoms with E-state index < -0.39 is 23.8 Å². The largest absolute Gasteiger partial charge is 0.494 e. The summed E-state index contributed by atoms with van der Waals surface area (Å²) in [6, 6.07) is 10.7. The maximum atomic E-state index is 13.0. The molecule has 0 radical (unpaired) electrons. The van der Waals surface area contributed by atoms with Gasteiger partial charge in [-0.15, -0.1) is 0 Å². The summed E-state index contributed by atoms with van der Waals surface area (Å²) in [5.74, 6) is -1.03. The summed E-state index contributed by atoms with van der Waals surface area (Å²) in [5, 5.41) is 2.53. The van der Waals surface area contributed by atoms with Gasteiger partial charge in [0.1, 0.15) is 11.6 Å². The zero-order valence-electron chi connectivity index (χ0n) is 14.9. The Kier molecular flexibility index (Phi) is 7.37. The molecule has 0 aromatic heterocycles. The lowest BCUT2D eigenvalue weighted by atomic mass is 10.2. The first-order valence-electron chi connectivity index (χ1n) is 8.26. The number of esters is 1. The Morgan fingerprint density at radius 3 is 2.56 bits per heavy atom. The van der Waals surface area contributed by atoms with Crippen LogP contribution in [0.1, 0.15) is 19.4 Å². The number of benzene rings is 2. The average Bonchev–Trinajstić information content (AvgIpc) is 2.63. The van der Waals surface area contributed by atoms with E-state index in [1.807, 2.05) is 6.92 Å². The van der Waals surface area contributed by atoms with E-state index in [9.17, 15) is 14.0 Å². The van der Waals surface area contributed by atoms with Crippen LogP contribution in [0, 0.1) is 5.82 Å². The van der Waals surface area contributed by atoms with Crippen molar-refractivity contribution < 1.29 is 23.5 Å². The standard InChI is InChI=1S/C20H19ClFNO4/c1-3-26-16-8-4-14(5-9-16)6-11-19(24)27-13(2)20(25)23-18-10-7-15(22)12-17(18)21/h4-13H,3H2,1-2H3,(H,23,25)/b11-6+/t13-/m1/s1. The Labute approximate surface area is 161 Å². The maximum absolute atomic E-state index is 13.0. The van der Waals surface area contributed by atoms with Gasteiger partial charge in [0.2, 0.25) is 0 Å². The van der Waals surface area contributed by atoms with Gasteiger partial charge in [0.05, 0.1) is 17.3 Å². The van der Waals surface area contributed by atoms with Crippen molar-refractivity contribution in [2.45, 2.75) is 20.0 Å². The number of hydrogen-bond donors (Lipinski definition) is 1. The van der Waals surface area contributed by atoms with Gasteiger partial charge in [-0.25, -0.2) is 9.18 Å². The molecule has 0 heterocycles. The van der Waals surface area contributed by atoms with Crippen LogP contribution < -0.4 is 10.1 Å². The molecule has 0 spiro atoms. The molecule has 0 unspecified atom stereocenters. The lowest BCUT2D eigenvalue weighted by Gasteiger charge is -2.13. The second-order valence-electron chi connectivity index (χ2n) is 5.53. The highest BCUT2D eigenvalue weighted by Crippen LogP contribution is 2.22. The Balaban J connectivity index is 1.89. The predicted octanol–water partition coefficient (Wildman–Crippen LogP) is 4.46. The van der Waals surface area contributed by atoms with Gasteiger partial charge < -0.3 is 14.8 Å². The number of halogens is 2. The number of carbonyl (C=O) groups is 2. The first-order chi connectivity index (χ1) is 12.9. The van der Waals surface area contributed by atoms with Crippen LogP contribution >= 0.6 is 11.6 Å². The quantitative estimate of drug-likeness (QED) is 0.559. The van der Waals surface area contributed by atoms with Gasteiger partial charge in [-0.3, -0.25) is 4.79 Å². The van der Waals surface area contributed by atoms with Crippen molar-refractivity contribution in [1.82, 2.24) is 0 Å². The normalized spacial score (nSPS) is 11.9. The average molecular weight is 392 g/mol. The zero-order valence-corrected chi connectivity index (χ0v) is 15.6. The fraction of sp³-hybridized carbons (Fsp3) is 0.200. The maximum Gasteiger partial charge on any atom is 0.331 e. The third-order valence-electron chi connectivity index (χ3n) is 3.45. The van der Waals surface area contributed by atoms with Crippen LogP contribution in [0.3, 0.4) is 0 Å². The highest BCUT2D eigenvalue weighted by Gasteiger charge is 2.17. The fourth-order valence-corrected chi connectivity index (χ4v) is 2.31. The molecular weight excluding hydrogens is 373 g/mol. The van der Waals surface area contributed by atoms with E-state index in [2.05, 4.69) is 5.32 Å². The van der Waals surface area contributed by atoms with Crippen molar-refractivity contribution in [1.29, 1.82) is 0 Å². The molecule has 0 saturated carbocycles. The molecule has 0 aliphatic rings. The lowest BCUT2D eigenvalue weighted by molar-refractivity contribution is -0.148. The van der Waals surface area contributed by atoms with Crippen molar-refractivity contribution in [2.75, 3.05) is 11.9 Å². The minimum absolute atomic E-state index is 0.0530. The van der Waals surface area contributed by atoms with Crippen molar-refractivity contribution in [3.63, 3.8) is 0 Å². The summed E-state index contributed by atoms with van der Waals surface area (Å²) >= 11 is 5.85. The lowest BCUT2D eigenvalue weighted by Crippen LogP contribution is -2.29. The van der Waals surface area contributed by atoms with E-state index in [1.54, 1.807) is 30.3 Å². The van der Waals surface area contributed by atoms with Gasteiger partial charge >= 0.3 is 5.97 Å². The molecule has 142 valence electrons. The van der Waals surface area contributed by atoms with Crippen LogP contribution in [0.15, 0.2) is 48.5 Å². The minimum Gasteiger partial charge on any atom is -0.494 e. The number of rotatable bonds is 7. The first kappa shape index (κ1) is 20.5. The van der Waals surface area contributed by atoms with Crippen molar-refractivity contribution in [3.8, 4) is 5.75 Å². The van der Waals surface area contributed by atoms with Gasteiger partial charge in [-0.1, -0.05) is 23.7 Å². The van der Waals surface area contributed by atoms with Gasteiger partial charge in [0, 0.05) is 6.08 Å². The van der Waals surface area contributed by atoms with Crippen LogP contribution in [-0.2, 0) is 14.3 Å². The molecule has 5 nitrogen and oxygen atoms in total. The Morgan fingerprint density at radius 2 is 1.93 bits per heavy atom. The third-order valence-corrected chi connectivity index (χ3v) is 3.77. The summed E-state index contributed by atoms with van der Waals surface area (Å²) in [7, 11) is 0.